The maximum Gasteiger partial charge on any atom is 0.254 e. The van der Waals surface area contributed by atoms with E-state index in [-0.39, 0.29) is 11.8 Å². The zero-order chi connectivity index (χ0) is 24.9. The van der Waals surface area contributed by atoms with Crippen LogP contribution in [-0.2, 0) is 4.79 Å². The van der Waals surface area contributed by atoms with E-state index in [0.29, 0.717) is 11.3 Å². The van der Waals surface area contributed by atoms with Crippen LogP contribution in [0.15, 0.2) is 85.3 Å². The van der Waals surface area contributed by atoms with Crippen LogP contribution in [-0.4, -0.2) is 44.6 Å². The summed E-state index contributed by atoms with van der Waals surface area (Å²) in [5, 5.41) is 7.68. The molecule has 36 heavy (non-hydrogen) atoms. The van der Waals surface area contributed by atoms with Crippen molar-refractivity contribution in [3.63, 3.8) is 0 Å². The molecule has 0 saturated carbocycles. The van der Waals surface area contributed by atoms with Gasteiger partial charge in [0.25, 0.3) is 5.91 Å². The number of hydrogen-bond acceptors (Lipinski definition) is 4. The summed E-state index contributed by atoms with van der Waals surface area (Å²) in [6.07, 6.45) is 10.7. The number of nitrogens with one attached hydrogen (secondary N) is 1. The van der Waals surface area contributed by atoms with Crippen LogP contribution in [0.5, 0.6) is 0 Å². The number of amides is 2. The number of likely N-dealkylation sites (tertiary alicyclic amines) is 1. The molecule has 1 saturated heterocycles. The molecule has 2 amide bonds. The van der Waals surface area contributed by atoms with Crippen LogP contribution in [0.25, 0.3) is 23.0 Å². The Bertz CT molecular complexity index is 1400. The molecule has 0 aliphatic carbocycles. The number of anilines is 1. The number of benzene rings is 2. The molecular weight excluding hydrogens is 450 g/mol. The molecule has 0 spiro atoms. The van der Waals surface area contributed by atoms with Crippen molar-refractivity contribution in [1.82, 2.24) is 19.7 Å². The van der Waals surface area contributed by atoms with Gasteiger partial charge in [-0.1, -0.05) is 24.3 Å². The lowest BCUT2D eigenvalue weighted by atomic mass is 10.1. The highest BCUT2D eigenvalue weighted by Crippen LogP contribution is 2.25. The lowest BCUT2D eigenvalue weighted by Crippen LogP contribution is -2.28. The van der Waals surface area contributed by atoms with Crippen LogP contribution in [0.1, 0.15) is 34.3 Å². The molecular formula is C29H27N5O2. The highest BCUT2D eigenvalue weighted by Gasteiger charge is 2.22. The summed E-state index contributed by atoms with van der Waals surface area (Å²) >= 11 is 0. The van der Waals surface area contributed by atoms with Crippen LogP contribution in [0.4, 0.5) is 5.69 Å². The molecule has 0 radical (unpaired) electrons. The van der Waals surface area contributed by atoms with Gasteiger partial charge in [0.05, 0.1) is 5.69 Å². The fraction of sp³-hybridized carbons (Fsp3) is 0.172. The second-order valence-electron chi connectivity index (χ2n) is 8.75. The van der Waals surface area contributed by atoms with Gasteiger partial charge in [0, 0.05) is 60.1 Å². The van der Waals surface area contributed by atoms with Crippen LogP contribution in [0.2, 0.25) is 0 Å². The molecule has 1 N–H and O–H groups in total. The van der Waals surface area contributed by atoms with E-state index in [9.17, 15) is 9.59 Å². The molecule has 1 aliphatic rings. The smallest absolute Gasteiger partial charge is 0.254 e. The number of nitrogens with zero attached hydrogens (tertiary/aromatic N) is 4. The van der Waals surface area contributed by atoms with Crippen molar-refractivity contribution >= 4 is 23.6 Å². The Kier molecular flexibility index (Phi) is 6.71. The largest absolute Gasteiger partial charge is 0.339 e. The Hall–Kier alpha value is -4.52. The Labute approximate surface area is 210 Å². The number of hydrogen-bond donors (Lipinski definition) is 1. The van der Waals surface area contributed by atoms with Crippen molar-refractivity contribution in [2.24, 2.45) is 0 Å². The van der Waals surface area contributed by atoms with Crippen LogP contribution < -0.4 is 5.32 Å². The molecule has 4 aromatic rings. The van der Waals surface area contributed by atoms with Gasteiger partial charge in [-0.2, -0.15) is 5.10 Å². The average molecular weight is 478 g/mol. The van der Waals surface area contributed by atoms with Gasteiger partial charge in [-0.3, -0.25) is 14.6 Å². The monoisotopic (exact) mass is 477 g/mol. The molecule has 180 valence electrons. The summed E-state index contributed by atoms with van der Waals surface area (Å²) in [4.78, 5) is 31.8. The standard InChI is InChI=1S/C29H27N5O2/c1-21-25(29(36)33-17-5-6-18-33)12-7-13-26(21)31-27(35)15-14-23-20-34(24-10-3-2-4-11-24)32-28(23)22-9-8-16-30-19-22/h2-4,7-16,19-20H,5-6,17-18H2,1H3,(H,31,35)/b15-14+. The van der Waals surface area contributed by atoms with E-state index in [1.807, 2.05) is 72.6 Å². The maximum absolute atomic E-state index is 12.9. The average Bonchev–Trinajstić information content (AvgIpc) is 3.60. The minimum Gasteiger partial charge on any atom is -0.339 e. The number of pyridine rings is 1. The normalized spacial score (nSPS) is 13.3. The highest BCUT2D eigenvalue weighted by molar-refractivity contribution is 6.04. The molecule has 2 aromatic heterocycles. The van der Waals surface area contributed by atoms with Gasteiger partial charge in [-0.25, -0.2) is 4.68 Å². The molecule has 3 heterocycles. The Morgan fingerprint density at radius 2 is 1.78 bits per heavy atom. The lowest BCUT2D eigenvalue weighted by molar-refractivity contribution is -0.111. The van der Waals surface area contributed by atoms with Gasteiger partial charge in [-0.15, -0.1) is 0 Å². The maximum atomic E-state index is 12.9. The third-order valence-electron chi connectivity index (χ3n) is 6.33. The first-order valence-electron chi connectivity index (χ1n) is 12.0. The SMILES string of the molecule is Cc1c(NC(=O)/C=C/c2cn(-c3ccccc3)nc2-c2cccnc2)cccc1C(=O)N1CCCC1. The van der Waals surface area contributed by atoms with E-state index < -0.39 is 0 Å². The third kappa shape index (κ3) is 4.95. The zero-order valence-electron chi connectivity index (χ0n) is 20.1. The van der Waals surface area contributed by atoms with Crippen LogP contribution in [0.3, 0.4) is 0 Å². The van der Waals surface area contributed by atoms with Gasteiger partial charge < -0.3 is 10.2 Å². The first-order chi connectivity index (χ1) is 17.6. The summed E-state index contributed by atoms with van der Waals surface area (Å²) in [7, 11) is 0. The molecule has 7 nitrogen and oxygen atoms in total. The summed E-state index contributed by atoms with van der Waals surface area (Å²) in [6, 6.07) is 19.0. The van der Waals surface area contributed by atoms with Crippen molar-refractivity contribution in [1.29, 1.82) is 0 Å². The van der Waals surface area contributed by atoms with E-state index in [2.05, 4.69) is 10.3 Å². The van der Waals surface area contributed by atoms with Crippen molar-refractivity contribution < 1.29 is 9.59 Å². The lowest BCUT2D eigenvalue weighted by Gasteiger charge is -2.18. The molecule has 2 aromatic carbocycles. The van der Waals surface area contributed by atoms with Crippen molar-refractivity contribution in [2.75, 3.05) is 18.4 Å². The van der Waals surface area contributed by atoms with E-state index in [0.717, 1.165) is 54.0 Å². The molecule has 7 heteroatoms. The molecule has 0 unspecified atom stereocenters. The minimum atomic E-state index is -0.284. The van der Waals surface area contributed by atoms with Crippen molar-refractivity contribution in [3.05, 3.63) is 102 Å². The highest BCUT2D eigenvalue weighted by atomic mass is 16.2. The van der Waals surface area contributed by atoms with E-state index in [1.165, 1.54) is 6.08 Å². The molecule has 0 atom stereocenters. The second kappa shape index (κ2) is 10.4. The van der Waals surface area contributed by atoms with Gasteiger partial charge >= 0.3 is 0 Å². The van der Waals surface area contributed by atoms with E-state index in [4.69, 9.17) is 5.10 Å². The number of para-hydroxylation sites is 1. The third-order valence-corrected chi connectivity index (χ3v) is 6.33. The van der Waals surface area contributed by atoms with Gasteiger partial charge in [0.1, 0.15) is 5.69 Å². The van der Waals surface area contributed by atoms with Crippen LogP contribution in [0, 0.1) is 6.92 Å². The minimum absolute atomic E-state index is 0.0195. The topological polar surface area (TPSA) is 80.1 Å². The predicted molar refractivity (Wildman–Crippen MR) is 141 cm³/mol. The summed E-state index contributed by atoms with van der Waals surface area (Å²) in [6.45, 7) is 3.44. The fourth-order valence-corrected chi connectivity index (χ4v) is 4.38. The quantitative estimate of drug-likeness (QED) is 0.391. The van der Waals surface area contributed by atoms with Gasteiger partial charge in [0.2, 0.25) is 5.91 Å². The van der Waals surface area contributed by atoms with E-state index >= 15 is 0 Å². The molecule has 1 fully saturated rings. The Morgan fingerprint density at radius 3 is 2.53 bits per heavy atom. The fourth-order valence-electron chi connectivity index (χ4n) is 4.38. The number of carbonyl (C=O) groups excluding carboxylic acids is 2. The second-order valence-corrected chi connectivity index (χ2v) is 8.75. The molecule has 1 aliphatic heterocycles. The summed E-state index contributed by atoms with van der Waals surface area (Å²) in [5.74, 6) is -0.264. The summed E-state index contributed by atoms with van der Waals surface area (Å²) < 4.78 is 1.79. The van der Waals surface area contributed by atoms with Crippen molar-refractivity contribution in [2.45, 2.75) is 19.8 Å². The van der Waals surface area contributed by atoms with Gasteiger partial charge in [-0.05, 0) is 67.8 Å². The number of aromatic nitrogens is 3. The van der Waals surface area contributed by atoms with Gasteiger partial charge in [0.15, 0.2) is 0 Å². The molecule has 5 rings (SSSR count). The number of carbonyl (C=O) groups is 2. The van der Waals surface area contributed by atoms with E-state index in [1.54, 1.807) is 29.2 Å². The first-order valence-corrected chi connectivity index (χ1v) is 12.0. The predicted octanol–water partition coefficient (Wildman–Crippen LogP) is 5.13. The summed E-state index contributed by atoms with van der Waals surface area (Å²) in [5.41, 5.74) is 5.31. The molecule has 0 bridgehead atoms. The Balaban J connectivity index is 1.38. The van der Waals surface area contributed by atoms with Crippen molar-refractivity contribution in [3.8, 4) is 16.9 Å². The number of rotatable bonds is 6. The first kappa shape index (κ1) is 23.2. The van der Waals surface area contributed by atoms with Crippen LogP contribution >= 0.6 is 0 Å². The zero-order valence-corrected chi connectivity index (χ0v) is 20.1. The Morgan fingerprint density at radius 1 is 0.972 bits per heavy atom.